The average molecular weight is 244 g/mol. The predicted molar refractivity (Wildman–Crippen MR) is 71.3 cm³/mol. The number of methoxy groups -OCH3 is 1. The highest BCUT2D eigenvalue weighted by molar-refractivity contribution is 5.28. The third-order valence-corrected chi connectivity index (χ3v) is 3.81. The number of nitriles is 1. The summed E-state index contributed by atoms with van der Waals surface area (Å²) in [5.74, 6) is 0.883. The van der Waals surface area contributed by atoms with Crippen LogP contribution in [0.25, 0.3) is 0 Å². The number of rotatable bonds is 6. The molecule has 0 bridgehead atoms. The molecule has 0 amide bonds. The summed E-state index contributed by atoms with van der Waals surface area (Å²) in [4.78, 5) is 0. The second kappa shape index (κ2) is 5.41. The largest absolute Gasteiger partial charge is 0.497 e. The normalized spacial score (nSPS) is 17.8. The molecule has 18 heavy (non-hydrogen) atoms. The Bertz CT molecular complexity index is 429. The molecule has 1 aliphatic carbocycles. The Morgan fingerprint density at radius 2 is 2.06 bits per heavy atom. The predicted octanol–water partition coefficient (Wildman–Crippen LogP) is 3.04. The molecule has 0 aliphatic heterocycles. The van der Waals surface area contributed by atoms with E-state index in [-0.39, 0.29) is 5.41 Å². The zero-order chi connectivity index (χ0) is 13.0. The SMILES string of the molecule is COc1ccc(C(C)NCC2(CC#N)CC2)cc1. The van der Waals surface area contributed by atoms with Crippen molar-refractivity contribution >= 4 is 0 Å². The van der Waals surface area contributed by atoms with Crippen LogP contribution in [0.4, 0.5) is 0 Å². The summed E-state index contributed by atoms with van der Waals surface area (Å²) in [7, 11) is 1.68. The van der Waals surface area contributed by atoms with Crippen molar-refractivity contribution in [2.75, 3.05) is 13.7 Å². The summed E-state index contributed by atoms with van der Waals surface area (Å²) in [6.07, 6.45) is 3.04. The maximum Gasteiger partial charge on any atom is 0.118 e. The number of nitrogens with one attached hydrogen (secondary N) is 1. The Morgan fingerprint density at radius 1 is 1.39 bits per heavy atom. The molecule has 0 radical (unpaired) electrons. The van der Waals surface area contributed by atoms with Crippen molar-refractivity contribution in [3.8, 4) is 11.8 Å². The van der Waals surface area contributed by atoms with Crippen molar-refractivity contribution in [3.63, 3.8) is 0 Å². The molecule has 0 aromatic heterocycles. The fourth-order valence-corrected chi connectivity index (χ4v) is 2.14. The van der Waals surface area contributed by atoms with Gasteiger partial charge < -0.3 is 10.1 Å². The molecular formula is C15H20N2O. The quantitative estimate of drug-likeness (QED) is 0.836. The summed E-state index contributed by atoms with van der Waals surface area (Å²) in [5, 5.41) is 12.3. The number of nitrogens with zero attached hydrogens (tertiary/aromatic N) is 1. The Labute approximate surface area is 109 Å². The van der Waals surface area contributed by atoms with Crippen LogP contribution in [0.1, 0.15) is 37.8 Å². The second-order valence-corrected chi connectivity index (χ2v) is 5.21. The molecule has 2 rings (SSSR count). The van der Waals surface area contributed by atoms with Crippen molar-refractivity contribution < 1.29 is 4.74 Å². The minimum absolute atomic E-state index is 0.259. The lowest BCUT2D eigenvalue weighted by molar-refractivity contribution is 0.413. The smallest absolute Gasteiger partial charge is 0.118 e. The maximum absolute atomic E-state index is 8.79. The van der Waals surface area contributed by atoms with E-state index in [0.717, 1.165) is 12.3 Å². The number of hydrogen-bond acceptors (Lipinski definition) is 3. The van der Waals surface area contributed by atoms with Crippen LogP contribution in [0.3, 0.4) is 0 Å². The van der Waals surface area contributed by atoms with Gasteiger partial charge in [0.2, 0.25) is 0 Å². The fraction of sp³-hybridized carbons (Fsp3) is 0.533. The van der Waals surface area contributed by atoms with Crippen molar-refractivity contribution in [2.24, 2.45) is 5.41 Å². The molecule has 96 valence electrons. The highest BCUT2D eigenvalue weighted by atomic mass is 16.5. The molecule has 3 nitrogen and oxygen atoms in total. The van der Waals surface area contributed by atoms with Gasteiger partial charge >= 0.3 is 0 Å². The highest BCUT2D eigenvalue weighted by Gasteiger charge is 2.42. The Balaban J connectivity index is 1.87. The third kappa shape index (κ3) is 3.02. The molecule has 0 saturated heterocycles. The molecule has 1 aromatic rings. The molecule has 1 N–H and O–H groups in total. The van der Waals surface area contributed by atoms with E-state index in [4.69, 9.17) is 10.00 Å². The molecule has 1 saturated carbocycles. The lowest BCUT2D eigenvalue weighted by atomic mass is 10.0. The van der Waals surface area contributed by atoms with Crippen LogP contribution in [0.2, 0.25) is 0 Å². The first-order valence-electron chi connectivity index (χ1n) is 6.43. The summed E-state index contributed by atoms with van der Waals surface area (Å²) in [6.45, 7) is 3.10. The summed E-state index contributed by atoms with van der Waals surface area (Å²) < 4.78 is 5.15. The van der Waals surface area contributed by atoms with Gasteiger partial charge in [0.05, 0.1) is 13.2 Å². The zero-order valence-electron chi connectivity index (χ0n) is 11.1. The monoisotopic (exact) mass is 244 g/mol. The van der Waals surface area contributed by atoms with E-state index in [1.54, 1.807) is 7.11 Å². The first-order chi connectivity index (χ1) is 8.69. The second-order valence-electron chi connectivity index (χ2n) is 5.21. The number of hydrogen-bond donors (Lipinski definition) is 1. The Hall–Kier alpha value is -1.53. The maximum atomic E-state index is 8.79. The molecule has 0 heterocycles. The average Bonchev–Trinajstić information content (AvgIpc) is 3.17. The van der Waals surface area contributed by atoms with Gasteiger partial charge in [0.1, 0.15) is 5.75 Å². The first kappa shape index (κ1) is 12.9. The van der Waals surface area contributed by atoms with Crippen LogP contribution in [0, 0.1) is 16.7 Å². The van der Waals surface area contributed by atoms with Gasteiger partial charge in [-0.3, -0.25) is 0 Å². The molecule has 1 aliphatic rings. The van der Waals surface area contributed by atoms with Gasteiger partial charge in [-0.1, -0.05) is 12.1 Å². The standard InChI is InChI=1S/C15H20N2O/c1-12(13-3-5-14(18-2)6-4-13)17-11-15(7-8-15)9-10-16/h3-6,12,17H,7-9,11H2,1-2H3. The van der Waals surface area contributed by atoms with Crippen molar-refractivity contribution in [1.29, 1.82) is 5.26 Å². The van der Waals surface area contributed by atoms with Crippen LogP contribution >= 0.6 is 0 Å². The zero-order valence-corrected chi connectivity index (χ0v) is 11.1. The molecule has 0 spiro atoms. The van der Waals surface area contributed by atoms with Gasteiger partial charge in [-0.15, -0.1) is 0 Å². The van der Waals surface area contributed by atoms with E-state index in [1.165, 1.54) is 18.4 Å². The number of benzene rings is 1. The van der Waals surface area contributed by atoms with Crippen LogP contribution < -0.4 is 10.1 Å². The van der Waals surface area contributed by atoms with E-state index >= 15 is 0 Å². The van der Waals surface area contributed by atoms with Gasteiger partial charge in [-0.25, -0.2) is 0 Å². The van der Waals surface area contributed by atoms with E-state index in [9.17, 15) is 0 Å². The number of ether oxygens (including phenoxy) is 1. The van der Waals surface area contributed by atoms with Crippen molar-refractivity contribution in [2.45, 2.75) is 32.2 Å². The fourth-order valence-electron chi connectivity index (χ4n) is 2.14. The van der Waals surface area contributed by atoms with Crippen LogP contribution in [-0.2, 0) is 0 Å². The molecule has 3 heteroatoms. The van der Waals surface area contributed by atoms with Gasteiger partial charge in [0.25, 0.3) is 0 Å². The summed E-state index contributed by atoms with van der Waals surface area (Å²) in [5.41, 5.74) is 1.51. The Kier molecular flexibility index (Phi) is 3.88. The minimum Gasteiger partial charge on any atom is -0.497 e. The van der Waals surface area contributed by atoms with Crippen LogP contribution in [0.5, 0.6) is 5.75 Å². The van der Waals surface area contributed by atoms with Gasteiger partial charge in [-0.05, 0) is 42.9 Å². The lowest BCUT2D eigenvalue weighted by Gasteiger charge is -2.18. The molecule has 1 fully saturated rings. The van der Waals surface area contributed by atoms with Crippen LogP contribution in [-0.4, -0.2) is 13.7 Å². The summed E-state index contributed by atoms with van der Waals surface area (Å²) >= 11 is 0. The highest BCUT2D eigenvalue weighted by Crippen LogP contribution is 2.48. The minimum atomic E-state index is 0.259. The van der Waals surface area contributed by atoms with Crippen molar-refractivity contribution in [3.05, 3.63) is 29.8 Å². The molecule has 1 atom stereocenters. The van der Waals surface area contributed by atoms with E-state index in [1.807, 2.05) is 12.1 Å². The first-order valence-corrected chi connectivity index (χ1v) is 6.43. The topological polar surface area (TPSA) is 45.0 Å². The van der Waals surface area contributed by atoms with Gasteiger partial charge in [0, 0.05) is 19.0 Å². The summed E-state index contributed by atoms with van der Waals surface area (Å²) in [6, 6.07) is 10.7. The van der Waals surface area contributed by atoms with Gasteiger partial charge in [-0.2, -0.15) is 5.26 Å². The molecule has 1 unspecified atom stereocenters. The van der Waals surface area contributed by atoms with Crippen LogP contribution in [0.15, 0.2) is 24.3 Å². The molecular weight excluding hydrogens is 224 g/mol. The molecule has 1 aromatic carbocycles. The van der Waals surface area contributed by atoms with E-state index in [2.05, 4.69) is 30.4 Å². The van der Waals surface area contributed by atoms with Crippen molar-refractivity contribution in [1.82, 2.24) is 5.32 Å². The van der Waals surface area contributed by atoms with E-state index in [0.29, 0.717) is 12.5 Å². The van der Waals surface area contributed by atoms with Gasteiger partial charge in [0.15, 0.2) is 0 Å². The third-order valence-electron chi connectivity index (χ3n) is 3.81. The Morgan fingerprint density at radius 3 is 2.56 bits per heavy atom. The lowest BCUT2D eigenvalue weighted by Crippen LogP contribution is -2.26. The van der Waals surface area contributed by atoms with E-state index < -0.39 is 0 Å².